The Labute approximate surface area is 230 Å². The quantitative estimate of drug-likeness (QED) is 0.133. The first-order chi connectivity index (χ1) is 15.9. The second kappa shape index (κ2) is 16.2. The Morgan fingerprint density at radius 1 is 0.794 bits per heavy atom. The number of halogens is 2. The topological polar surface area (TPSA) is 63.1 Å². The van der Waals surface area contributed by atoms with Gasteiger partial charge in [-0.15, -0.1) is 91.5 Å². The van der Waals surface area contributed by atoms with Gasteiger partial charge in [0.15, 0.2) is 5.78 Å². The van der Waals surface area contributed by atoms with Gasteiger partial charge in [-0.1, -0.05) is 33.2 Å². The second-order valence-corrected chi connectivity index (χ2v) is 8.32. The number of pyridine rings is 2. The Balaban J connectivity index is 0.000000264. The van der Waals surface area contributed by atoms with Crippen molar-refractivity contribution in [1.29, 1.82) is 0 Å². The zero-order chi connectivity index (χ0) is 24.1. The van der Waals surface area contributed by atoms with Crippen LogP contribution in [0.15, 0.2) is 106 Å². The summed E-state index contributed by atoms with van der Waals surface area (Å²) in [7, 11) is 0. The molecule has 2 aromatic heterocycles. The fourth-order valence-electron chi connectivity index (χ4n) is 2.54. The molecule has 1 radical (unpaired) electrons. The first-order valence-electron chi connectivity index (χ1n) is 9.91. The van der Waals surface area contributed by atoms with Crippen LogP contribution in [0.3, 0.4) is 0 Å². The molecule has 34 heavy (non-hydrogen) atoms. The minimum absolute atomic E-state index is 0. The molecule has 0 spiro atoms. The van der Waals surface area contributed by atoms with Crippen molar-refractivity contribution in [3.63, 3.8) is 0 Å². The van der Waals surface area contributed by atoms with E-state index in [-0.39, 0.29) is 31.6 Å². The number of rotatable bonds is 3. The average molecular weight is 759 g/mol. The van der Waals surface area contributed by atoms with Crippen LogP contribution in [0.1, 0.15) is 13.8 Å². The molecule has 0 aliphatic carbocycles. The molecule has 0 unspecified atom stereocenters. The van der Waals surface area contributed by atoms with E-state index < -0.39 is 0 Å². The molecule has 0 saturated heterocycles. The van der Waals surface area contributed by atoms with Crippen LogP contribution in [0.4, 0.5) is 0 Å². The maximum absolute atomic E-state index is 10.0. The van der Waals surface area contributed by atoms with Crippen molar-refractivity contribution >= 4 is 37.6 Å². The van der Waals surface area contributed by atoms with Crippen molar-refractivity contribution in [3.8, 4) is 22.5 Å². The van der Waals surface area contributed by atoms with Gasteiger partial charge in [0, 0.05) is 38.6 Å². The Morgan fingerprint density at radius 2 is 1.24 bits per heavy atom. The van der Waals surface area contributed by atoms with Crippen LogP contribution < -0.4 is 0 Å². The van der Waals surface area contributed by atoms with Gasteiger partial charge < -0.3 is 15.1 Å². The summed E-state index contributed by atoms with van der Waals surface area (Å²) >= 11 is 6.92. The smallest absolute Gasteiger partial charge is 0.155 e. The molecule has 2 heterocycles. The van der Waals surface area contributed by atoms with E-state index in [4.69, 9.17) is 5.11 Å². The molecule has 1 N–H and O–H groups in total. The fourth-order valence-corrected chi connectivity index (χ4v) is 3.48. The summed E-state index contributed by atoms with van der Waals surface area (Å²) in [5.41, 5.74) is 3.89. The molecule has 0 atom stereocenters. The number of benzene rings is 2. The van der Waals surface area contributed by atoms with Gasteiger partial charge in [0.05, 0.1) is 5.76 Å². The van der Waals surface area contributed by atoms with Crippen molar-refractivity contribution in [1.82, 2.24) is 9.97 Å². The predicted molar refractivity (Wildman–Crippen MR) is 139 cm³/mol. The number of carbonyl (C=O) groups is 1. The van der Waals surface area contributed by atoms with Crippen molar-refractivity contribution < 1.29 is 30.0 Å². The van der Waals surface area contributed by atoms with Gasteiger partial charge in [0.1, 0.15) is 0 Å². The minimum Gasteiger partial charge on any atom is -0.512 e. The maximum Gasteiger partial charge on any atom is 0.155 e. The number of hydrogen-bond acceptors (Lipinski definition) is 4. The van der Waals surface area contributed by atoms with Crippen molar-refractivity contribution in [3.05, 3.63) is 118 Å². The van der Waals surface area contributed by atoms with Crippen LogP contribution in [0, 0.1) is 12.1 Å². The van der Waals surface area contributed by atoms with E-state index in [2.05, 4.69) is 54.0 Å². The van der Waals surface area contributed by atoms with Gasteiger partial charge in [-0.2, -0.15) is 0 Å². The third-order valence-corrected chi connectivity index (χ3v) is 5.19. The summed E-state index contributed by atoms with van der Waals surface area (Å²) in [5.74, 6) is -0.0625. The van der Waals surface area contributed by atoms with Crippen LogP contribution in [-0.4, -0.2) is 20.9 Å². The standard InChI is InChI=1S/2C11H7BrN.C5H8O2.Ir/c2*12-10-6-2-1-5-9(10)11-7-3-4-8-13-11;1-4(6)3-5(2)7;/h2*1-4,6-8H;3,6H,1-2H3;/q2*-1;;/b;;4-3-;. The van der Waals surface area contributed by atoms with Crippen LogP contribution in [0.2, 0.25) is 0 Å². The number of nitrogens with zero attached hydrogens (tertiary/aromatic N) is 2. The summed E-state index contributed by atoms with van der Waals surface area (Å²) in [4.78, 5) is 18.5. The molecule has 0 bridgehead atoms. The molecular formula is C27H22Br2IrN2O2-2. The predicted octanol–water partition coefficient (Wildman–Crippen LogP) is 7.66. The average Bonchev–Trinajstić information content (AvgIpc) is 2.81. The van der Waals surface area contributed by atoms with Crippen LogP contribution in [0.5, 0.6) is 0 Å². The third-order valence-electron chi connectivity index (χ3n) is 3.86. The zero-order valence-electron chi connectivity index (χ0n) is 18.5. The number of aliphatic hydroxyl groups is 1. The van der Waals surface area contributed by atoms with E-state index >= 15 is 0 Å². The molecule has 4 aromatic rings. The summed E-state index contributed by atoms with van der Waals surface area (Å²) in [6.45, 7) is 2.85. The van der Waals surface area contributed by atoms with Crippen LogP contribution >= 0.6 is 31.9 Å². The summed E-state index contributed by atoms with van der Waals surface area (Å²) in [5, 5.41) is 8.36. The van der Waals surface area contributed by atoms with Crippen molar-refractivity contribution in [2.45, 2.75) is 13.8 Å². The number of ketones is 1. The molecule has 0 fully saturated rings. The van der Waals surface area contributed by atoms with Gasteiger partial charge in [-0.05, 0) is 37.4 Å². The Kier molecular flexibility index (Phi) is 14.1. The molecule has 4 nitrogen and oxygen atoms in total. The SMILES string of the molecule is Brc1ccc[c-]c1-c1ccccn1.Brc1ccc[c-]c1-c1ccccn1.CC(=O)/C=C(/C)O.[Ir]. The van der Waals surface area contributed by atoms with Gasteiger partial charge in [-0.3, -0.25) is 4.79 Å². The monoisotopic (exact) mass is 757 g/mol. The van der Waals surface area contributed by atoms with Gasteiger partial charge in [0.25, 0.3) is 0 Å². The van der Waals surface area contributed by atoms with Gasteiger partial charge >= 0.3 is 0 Å². The summed E-state index contributed by atoms with van der Waals surface area (Å²) in [6, 6.07) is 29.6. The molecular weight excluding hydrogens is 736 g/mol. The number of hydrogen-bond donors (Lipinski definition) is 1. The Bertz CT molecular complexity index is 1100. The third kappa shape index (κ3) is 10.7. The van der Waals surface area contributed by atoms with Gasteiger partial charge in [0.2, 0.25) is 0 Å². The first kappa shape index (κ1) is 29.6. The number of allylic oxidation sites excluding steroid dienone is 2. The van der Waals surface area contributed by atoms with E-state index in [0.717, 1.165) is 31.5 Å². The van der Waals surface area contributed by atoms with E-state index in [1.807, 2.05) is 72.8 Å². The molecule has 0 saturated carbocycles. The molecule has 7 heteroatoms. The fraction of sp³-hybridized carbons (Fsp3) is 0.0741. The first-order valence-corrected chi connectivity index (χ1v) is 11.5. The van der Waals surface area contributed by atoms with E-state index in [9.17, 15) is 4.79 Å². The zero-order valence-corrected chi connectivity index (χ0v) is 24.1. The number of carbonyl (C=O) groups excluding carboxylic acids is 1. The molecule has 2 aromatic carbocycles. The van der Waals surface area contributed by atoms with Crippen LogP contribution in [0.25, 0.3) is 22.5 Å². The number of aromatic nitrogens is 2. The maximum atomic E-state index is 10.0. The Morgan fingerprint density at radius 3 is 1.50 bits per heavy atom. The summed E-state index contributed by atoms with van der Waals surface area (Å²) in [6.07, 6.45) is 4.73. The molecule has 0 amide bonds. The van der Waals surface area contributed by atoms with Gasteiger partial charge in [-0.25, -0.2) is 0 Å². The molecule has 0 aliphatic heterocycles. The van der Waals surface area contributed by atoms with Crippen molar-refractivity contribution in [2.75, 3.05) is 0 Å². The summed E-state index contributed by atoms with van der Waals surface area (Å²) < 4.78 is 2.04. The van der Waals surface area contributed by atoms with E-state index in [0.29, 0.717) is 0 Å². The second-order valence-electron chi connectivity index (χ2n) is 6.61. The largest absolute Gasteiger partial charge is 0.512 e. The number of aliphatic hydroxyl groups excluding tert-OH is 1. The van der Waals surface area contributed by atoms with Crippen molar-refractivity contribution in [2.24, 2.45) is 0 Å². The molecule has 4 rings (SSSR count). The normalized spacial score (nSPS) is 9.94. The minimum atomic E-state index is -0.125. The Hall–Kier alpha value is -2.44. The van der Waals surface area contributed by atoms with E-state index in [1.165, 1.54) is 19.9 Å². The molecule has 0 aliphatic rings. The molecule has 177 valence electrons. The van der Waals surface area contributed by atoms with E-state index in [1.54, 1.807) is 12.4 Å². The van der Waals surface area contributed by atoms with Crippen LogP contribution in [-0.2, 0) is 24.9 Å².